The van der Waals surface area contributed by atoms with Gasteiger partial charge in [0.25, 0.3) is 0 Å². The van der Waals surface area contributed by atoms with E-state index in [9.17, 15) is 0 Å². The van der Waals surface area contributed by atoms with E-state index < -0.39 is 0 Å². The van der Waals surface area contributed by atoms with Crippen LogP contribution in [0.3, 0.4) is 0 Å². The Morgan fingerprint density at radius 2 is 0.913 bits per heavy atom. The van der Waals surface area contributed by atoms with Crippen molar-refractivity contribution in [2.45, 2.75) is 51.3 Å². The average Bonchev–Trinajstić information content (AvgIpc) is 3.56. The fraction of sp³-hybridized carbons (Fsp3) is 0.471. The number of rotatable bonds is 21. The Morgan fingerprint density at radius 1 is 0.543 bits per heavy atom. The van der Waals surface area contributed by atoms with Gasteiger partial charge in [0.2, 0.25) is 0 Å². The first kappa shape index (κ1) is 36.2. The van der Waals surface area contributed by atoms with Crippen molar-refractivity contribution in [3.8, 4) is 22.3 Å². The lowest BCUT2D eigenvalue weighted by Gasteiger charge is -2.10. The summed E-state index contributed by atoms with van der Waals surface area (Å²) in [5.41, 5.74) is 8.58. The molecule has 250 valence electrons. The first-order chi connectivity index (χ1) is 22.3. The minimum Gasteiger partial charge on any atom is -0.378 e. The molecule has 0 spiro atoms. The van der Waals surface area contributed by atoms with Crippen LogP contribution in [0.25, 0.3) is 22.3 Å². The highest BCUT2D eigenvalue weighted by Crippen LogP contribution is 2.32. The second-order valence-electron chi connectivity index (χ2n) is 10.8. The highest BCUT2D eigenvalue weighted by molar-refractivity contribution is 7.97. The van der Waals surface area contributed by atoms with E-state index in [1.807, 2.05) is 27.7 Å². The summed E-state index contributed by atoms with van der Waals surface area (Å²) in [6.07, 6.45) is 0. The Morgan fingerprint density at radius 3 is 1.26 bits per heavy atom. The second kappa shape index (κ2) is 19.2. The number of hydrogen-bond donors (Lipinski definition) is 2. The molecule has 46 heavy (non-hydrogen) atoms. The molecule has 4 rings (SSSR count). The molecule has 0 bridgehead atoms. The Bertz CT molecular complexity index is 1360. The maximum Gasteiger partial charge on any atom is 0.141 e. The summed E-state index contributed by atoms with van der Waals surface area (Å²) < 4.78 is 40.0. The van der Waals surface area contributed by atoms with Gasteiger partial charge in [-0.1, -0.05) is 34.6 Å². The van der Waals surface area contributed by atoms with Crippen molar-refractivity contribution >= 4 is 23.9 Å². The summed E-state index contributed by atoms with van der Waals surface area (Å²) in [4.78, 5) is 2.34. The van der Waals surface area contributed by atoms with Gasteiger partial charge in [-0.25, -0.2) is 0 Å². The summed E-state index contributed by atoms with van der Waals surface area (Å²) in [6.45, 7) is 17.9. The summed E-state index contributed by atoms with van der Waals surface area (Å²) in [6, 6.07) is 12.8. The summed E-state index contributed by atoms with van der Waals surface area (Å²) in [7, 11) is 0. The molecule has 12 heteroatoms. The molecule has 10 nitrogen and oxygen atoms in total. The number of nitrogens with zero attached hydrogens (tertiary/aromatic N) is 2. The van der Waals surface area contributed by atoms with E-state index in [1.54, 1.807) is 23.9 Å². The van der Waals surface area contributed by atoms with Gasteiger partial charge in [-0.3, -0.25) is 9.44 Å². The third kappa shape index (κ3) is 11.0. The molecule has 0 saturated heterocycles. The predicted octanol–water partition coefficient (Wildman–Crippen LogP) is 6.81. The summed E-state index contributed by atoms with van der Waals surface area (Å²) in [5, 5.41) is 8.15. The van der Waals surface area contributed by atoms with Gasteiger partial charge < -0.3 is 28.0 Å². The normalized spacial score (nSPS) is 11.5. The zero-order chi connectivity index (χ0) is 32.7. The van der Waals surface area contributed by atoms with Gasteiger partial charge in [0.1, 0.15) is 11.5 Å². The highest BCUT2D eigenvalue weighted by atomic mass is 32.2. The lowest BCUT2D eigenvalue weighted by Crippen LogP contribution is -2.17. The molecule has 0 fully saturated rings. The van der Waals surface area contributed by atoms with E-state index in [1.165, 1.54) is 20.9 Å². The van der Waals surface area contributed by atoms with Crippen LogP contribution >= 0.6 is 23.9 Å². The number of benzene rings is 2. The first-order valence-corrected chi connectivity index (χ1v) is 17.2. The van der Waals surface area contributed by atoms with Crippen LogP contribution in [0.15, 0.2) is 55.2 Å². The van der Waals surface area contributed by atoms with Gasteiger partial charge in [0, 0.05) is 34.0 Å². The number of nitrogens with one attached hydrogen (secondary N) is 2. The molecule has 0 radical (unpaired) electrons. The van der Waals surface area contributed by atoms with Crippen molar-refractivity contribution < 1.29 is 28.0 Å². The number of aromatic nitrogens is 2. The van der Waals surface area contributed by atoms with Gasteiger partial charge in [-0.05, 0) is 99.8 Å². The summed E-state index contributed by atoms with van der Waals surface area (Å²) >= 11 is 3.22. The van der Waals surface area contributed by atoms with Gasteiger partial charge in [-0.15, -0.1) is 0 Å². The molecule has 0 unspecified atom stereocenters. The highest BCUT2D eigenvalue weighted by Gasteiger charge is 2.14. The Hall–Kier alpha value is -2.68. The minimum atomic E-state index is 0.531. The second-order valence-corrected chi connectivity index (χ2v) is 12.7. The molecule has 0 atom stereocenters. The molecule has 2 N–H and O–H groups in total. The van der Waals surface area contributed by atoms with Gasteiger partial charge in [0.05, 0.1) is 64.2 Å². The number of hydrogen-bond acceptors (Lipinski definition) is 12. The number of aryl methyl sites for hydroxylation is 6. The Kier molecular flexibility index (Phi) is 15.1. The third-order valence-corrected chi connectivity index (χ3v) is 9.21. The van der Waals surface area contributed by atoms with Crippen LogP contribution in [-0.2, 0) is 18.9 Å². The maximum atomic E-state index is 5.68. The average molecular weight is 671 g/mol. The van der Waals surface area contributed by atoms with E-state index in [0.29, 0.717) is 52.9 Å². The molecule has 4 aromatic rings. The van der Waals surface area contributed by atoms with Crippen LogP contribution in [0.4, 0.5) is 0 Å². The van der Waals surface area contributed by atoms with E-state index >= 15 is 0 Å². The van der Waals surface area contributed by atoms with Gasteiger partial charge in [0.15, 0.2) is 0 Å². The van der Waals surface area contributed by atoms with Crippen LogP contribution in [0.5, 0.6) is 0 Å². The van der Waals surface area contributed by atoms with Crippen molar-refractivity contribution in [3.63, 3.8) is 0 Å². The lowest BCUT2D eigenvalue weighted by molar-refractivity contribution is -0.000474. The zero-order valence-electron chi connectivity index (χ0n) is 27.7. The molecule has 0 aliphatic rings. The quantitative estimate of drug-likeness (QED) is 0.0718. The lowest BCUT2D eigenvalue weighted by atomic mass is 10.0. The van der Waals surface area contributed by atoms with Gasteiger partial charge >= 0.3 is 0 Å². The van der Waals surface area contributed by atoms with E-state index in [0.717, 1.165) is 58.3 Å². The maximum absolute atomic E-state index is 5.68. The Balaban J connectivity index is 0.947. The first-order valence-electron chi connectivity index (χ1n) is 15.5. The molecule has 0 saturated carbocycles. The zero-order valence-corrected chi connectivity index (χ0v) is 29.3. The Labute approximate surface area is 280 Å². The topological polar surface area (TPSA) is 113 Å². The van der Waals surface area contributed by atoms with Crippen molar-refractivity contribution in [2.24, 2.45) is 0 Å². The van der Waals surface area contributed by atoms with Crippen molar-refractivity contribution in [3.05, 3.63) is 70.4 Å². The molecular weight excluding hydrogens is 625 g/mol. The van der Waals surface area contributed by atoms with E-state index in [2.05, 4.69) is 70.0 Å². The smallest absolute Gasteiger partial charge is 0.141 e. The van der Waals surface area contributed by atoms with Crippen LogP contribution in [-0.4, -0.2) is 76.3 Å². The van der Waals surface area contributed by atoms with Crippen molar-refractivity contribution in [2.75, 3.05) is 65.9 Å². The molecule has 0 aliphatic carbocycles. The van der Waals surface area contributed by atoms with E-state index in [4.69, 9.17) is 28.0 Å². The molecule has 2 aromatic heterocycles. The molecule has 0 aliphatic heterocycles. The fourth-order valence-corrected chi connectivity index (χ4v) is 6.28. The summed E-state index contributed by atoms with van der Waals surface area (Å²) in [5.74, 6) is 1.67. The fourth-order valence-electron chi connectivity index (χ4n) is 4.77. The largest absolute Gasteiger partial charge is 0.378 e. The predicted molar refractivity (Wildman–Crippen MR) is 183 cm³/mol. The van der Waals surface area contributed by atoms with Crippen LogP contribution in [0.2, 0.25) is 0 Å². The van der Waals surface area contributed by atoms with Crippen molar-refractivity contribution in [1.29, 1.82) is 0 Å². The van der Waals surface area contributed by atoms with Crippen LogP contribution in [0.1, 0.15) is 34.0 Å². The number of ether oxygens (including phenoxy) is 4. The molecule has 2 heterocycles. The van der Waals surface area contributed by atoms with Crippen LogP contribution < -0.4 is 9.44 Å². The van der Waals surface area contributed by atoms with E-state index in [-0.39, 0.29) is 0 Å². The monoisotopic (exact) mass is 670 g/mol. The van der Waals surface area contributed by atoms with Gasteiger partial charge in [-0.2, -0.15) is 0 Å². The van der Waals surface area contributed by atoms with Crippen molar-refractivity contribution in [1.82, 2.24) is 19.8 Å². The van der Waals surface area contributed by atoms with Crippen LogP contribution in [0, 0.1) is 41.5 Å². The SMILES string of the molecule is Cc1ccc(-c2c(C)noc2C)cc1SNCCOCCOCCOCCOCCNSc1cc(-c2c(C)noc2C)ccc1C. The third-order valence-electron chi connectivity index (χ3n) is 7.20. The molecule has 0 amide bonds. The standard InChI is InChI=1S/C34H46N4O6S2/c1-23-7-9-29(33-25(3)37-43-27(33)5)21-31(23)45-35-11-13-39-15-17-41-19-20-42-18-16-40-14-12-36-46-32-22-30(10-8-24(32)2)34-26(4)38-44-28(34)6/h7-10,21-22,35-36H,11-20H2,1-6H3. The molecule has 2 aromatic carbocycles. The minimum absolute atomic E-state index is 0.531. The molecular formula is C34H46N4O6S2.